The fourth-order valence-electron chi connectivity index (χ4n) is 1.90. The molecule has 18 heavy (non-hydrogen) atoms. The minimum atomic E-state index is 0.299. The van der Waals surface area contributed by atoms with Crippen molar-refractivity contribution in [3.05, 3.63) is 59.7 Å². The first-order valence-corrected chi connectivity index (χ1v) is 6.61. The van der Waals surface area contributed by atoms with Gasteiger partial charge in [0, 0.05) is 16.0 Å². The quantitative estimate of drug-likeness (QED) is 0.863. The second-order valence-electron chi connectivity index (χ2n) is 4.00. The molecule has 1 aliphatic heterocycles. The van der Waals surface area contributed by atoms with Crippen LogP contribution in [0.2, 0.25) is 0 Å². The summed E-state index contributed by atoms with van der Waals surface area (Å²) in [6, 6.07) is 9.53. The van der Waals surface area contributed by atoms with Gasteiger partial charge in [0.25, 0.3) is 0 Å². The number of thiophene rings is 1. The van der Waals surface area contributed by atoms with Gasteiger partial charge in [0.05, 0.1) is 6.26 Å². The van der Waals surface area contributed by atoms with E-state index in [4.69, 9.17) is 4.74 Å². The SMILES string of the molecule is Oc1ccc(C2=CCC=CO2)cc1-c1cccs1. The Hall–Kier alpha value is -2.00. The van der Waals surface area contributed by atoms with Crippen molar-refractivity contribution < 1.29 is 9.84 Å². The fourth-order valence-corrected chi connectivity index (χ4v) is 2.66. The van der Waals surface area contributed by atoms with Gasteiger partial charge in [-0.05, 0) is 48.2 Å². The molecule has 0 radical (unpaired) electrons. The largest absolute Gasteiger partial charge is 0.507 e. The smallest absolute Gasteiger partial charge is 0.130 e. The predicted molar refractivity (Wildman–Crippen MR) is 74.2 cm³/mol. The number of hydrogen-bond donors (Lipinski definition) is 1. The highest BCUT2D eigenvalue weighted by atomic mass is 32.1. The molecule has 2 nitrogen and oxygen atoms in total. The first kappa shape index (κ1) is 11.1. The number of benzene rings is 1. The highest BCUT2D eigenvalue weighted by Gasteiger charge is 2.10. The van der Waals surface area contributed by atoms with E-state index in [1.54, 1.807) is 23.7 Å². The molecule has 0 saturated carbocycles. The molecular formula is C15H12O2S. The summed E-state index contributed by atoms with van der Waals surface area (Å²) in [7, 11) is 0. The standard InChI is InChI=1S/C15H12O2S/c16-13-7-6-11(14-4-1-2-8-17-14)10-12(13)15-5-3-9-18-15/h2-10,16H,1H2. The third kappa shape index (κ3) is 2.05. The van der Waals surface area contributed by atoms with E-state index in [1.165, 1.54) is 0 Å². The Labute approximate surface area is 109 Å². The van der Waals surface area contributed by atoms with Gasteiger partial charge >= 0.3 is 0 Å². The number of rotatable bonds is 2. The van der Waals surface area contributed by atoms with Gasteiger partial charge in [0.1, 0.15) is 11.5 Å². The molecule has 0 saturated heterocycles. The molecule has 2 aromatic rings. The minimum absolute atomic E-state index is 0.299. The van der Waals surface area contributed by atoms with Crippen molar-refractivity contribution in [1.82, 2.24) is 0 Å². The first-order chi connectivity index (χ1) is 8.84. The van der Waals surface area contributed by atoms with E-state index in [2.05, 4.69) is 0 Å². The maximum absolute atomic E-state index is 9.94. The highest BCUT2D eigenvalue weighted by Crippen LogP contribution is 2.35. The summed E-state index contributed by atoms with van der Waals surface area (Å²) in [5.41, 5.74) is 1.84. The van der Waals surface area contributed by atoms with Crippen LogP contribution in [-0.4, -0.2) is 5.11 Å². The van der Waals surface area contributed by atoms with E-state index in [9.17, 15) is 5.11 Å². The summed E-state index contributed by atoms with van der Waals surface area (Å²) >= 11 is 1.61. The summed E-state index contributed by atoms with van der Waals surface area (Å²) in [4.78, 5) is 1.06. The molecule has 0 unspecified atom stereocenters. The summed E-state index contributed by atoms with van der Waals surface area (Å²) in [5.74, 6) is 1.14. The van der Waals surface area contributed by atoms with Crippen LogP contribution in [0.1, 0.15) is 12.0 Å². The second kappa shape index (κ2) is 4.70. The van der Waals surface area contributed by atoms with Crippen LogP contribution in [0.15, 0.2) is 54.1 Å². The van der Waals surface area contributed by atoms with E-state index in [1.807, 2.05) is 41.8 Å². The number of ether oxygens (including phenoxy) is 1. The number of hydrogen-bond acceptors (Lipinski definition) is 3. The van der Waals surface area contributed by atoms with Crippen molar-refractivity contribution in [2.75, 3.05) is 0 Å². The fraction of sp³-hybridized carbons (Fsp3) is 0.0667. The zero-order valence-corrected chi connectivity index (χ0v) is 10.5. The highest BCUT2D eigenvalue weighted by molar-refractivity contribution is 7.13. The van der Waals surface area contributed by atoms with Gasteiger partial charge < -0.3 is 9.84 Å². The molecule has 1 aliphatic rings. The normalized spacial score (nSPS) is 14.1. The van der Waals surface area contributed by atoms with Crippen molar-refractivity contribution in [2.45, 2.75) is 6.42 Å². The maximum atomic E-state index is 9.94. The van der Waals surface area contributed by atoms with Crippen LogP contribution in [0.4, 0.5) is 0 Å². The molecule has 0 bridgehead atoms. The Bertz CT molecular complexity index is 609. The van der Waals surface area contributed by atoms with E-state index in [-0.39, 0.29) is 0 Å². The van der Waals surface area contributed by atoms with E-state index in [0.29, 0.717) is 5.75 Å². The predicted octanol–water partition coefficient (Wildman–Crippen LogP) is 4.40. The molecular weight excluding hydrogens is 244 g/mol. The Morgan fingerprint density at radius 2 is 2.17 bits per heavy atom. The van der Waals surface area contributed by atoms with E-state index < -0.39 is 0 Å². The second-order valence-corrected chi connectivity index (χ2v) is 4.95. The van der Waals surface area contributed by atoms with Gasteiger partial charge in [-0.2, -0.15) is 0 Å². The monoisotopic (exact) mass is 256 g/mol. The average molecular weight is 256 g/mol. The van der Waals surface area contributed by atoms with Gasteiger partial charge in [-0.25, -0.2) is 0 Å². The lowest BCUT2D eigenvalue weighted by atomic mass is 10.1. The van der Waals surface area contributed by atoms with Gasteiger partial charge in [-0.15, -0.1) is 11.3 Å². The number of allylic oxidation sites excluding steroid dienone is 2. The number of phenolic OH excluding ortho intramolecular Hbond substituents is 1. The van der Waals surface area contributed by atoms with Crippen molar-refractivity contribution in [2.24, 2.45) is 0 Å². The summed E-state index contributed by atoms with van der Waals surface area (Å²) < 4.78 is 5.48. The van der Waals surface area contributed by atoms with Gasteiger partial charge in [-0.3, -0.25) is 0 Å². The van der Waals surface area contributed by atoms with Gasteiger partial charge in [-0.1, -0.05) is 6.07 Å². The molecule has 1 N–H and O–H groups in total. The summed E-state index contributed by atoms with van der Waals surface area (Å²) in [6.07, 6.45) is 6.58. The molecule has 0 atom stereocenters. The molecule has 0 spiro atoms. The van der Waals surface area contributed by atoms with Crippen LogP contribution in [0, 0.1) is 0 Å². The van der Waals surface area contributed by atoms with Crippen LogP contribution in [0.3, 0.4) is 0 Å². The molecule has 2 heterocycles. The van der Waals surface area contributed by atoms with Crippen molar-refractivity contribution in [3.63, 3.8) is 0 Å². The molecule has 0 aliphatic carbocycles. The summed E-state index contributed by atoms with van der Waals surface area (Å²) in [6.45, 7) is 0. The molecule has 90 valence electrons. The Kier molecular flexibility index (Phi) is 2.90. The third-order valence-corrected chi connectivity index (χ3v) is 3.70. The lowest BCUT2D eigenvalue weighted by Crippen LogP contribution is -1.91. The van der Waals surface area contributed by atoms with Crippen LogP contribution in [-0.2, 0) is 4.74 Å². The van der Waals surface area contributed by atoms with E-state index in [0.717, 1.165) is 28.2 Å². The molecule has 0 amide bonds. The van der Waals surface area contributed by atoms with Crippen LogP contribution in [0.25, 0.3) is 16.2 Å². The van der Waals surface area contributed by atoms with Gasteiger partial charge in [0.2, 0.25) is 0 Å². The first-order valence-electron chi connectivity index (χ1n) is 5.74. The maximum Gasteiger partial charge on any atom is 0.130 e. The van der Waals surface area contributed by atoms with E-state index >= 15 is 0 Å². The van der Waals surface area contributed by atoms with Crippen molar-refractivity contribution in [1.29, 1.82) is 0 Å². The third-order valence-electron chi connectivity index (χ3n) is 2.80. The van der Waals surface area contributed by atoms with Crippen LogP contribution < -0.4 is 0 Å². The average Bonchev–Trinajstić information content (AvgIpc) is 2.94. The zero-order valence-electron chi connectivity index (χ0n) is 9.67. The molecule has 1 aromatic heterocycles. The molecule has 3 heteroatoms. The van der Waals surface area contributed by atoms with Gasteiger partial charge in [0.15, 0.2) is 0 Å². The zero-order chi connectivity index (χ0) is 12.4. The molecule has 3 rings (SSSR count). The molecule has 0 fully saturated rings. The minimum Gasteiger partial charge on any atom is -0.507 e. The van der Waals surface area contributed by atoms with Crippen molar-refractivity contribution in [3.8, 4) is 16.2 Å². The lowest BCUT2D eigenvalue weighted by molar-refractivity contribution is 0.427. The Morgan fingerprint density at radius 1 is 1.22 bits per heavy atom. The summed E-state index contributed by atoms with van der Waals surface area (Å²) in [5, 5.41) is 11.9. The Morgan fingerprint density at radius 3 is 2.89 bits per heavy atom. The van der Waals surface area contributed by atoms with Crippen LogP contribution in [0.5, 0.6) is 5.75 Å². The molecule has 1 aromatic carbocycles. The lowest BCUT2D eigenvalue weighted by Gasteiger charge is -2.11. The Balaban J connectivity index is 2.03. The number of aromatic hydroxyl groups is 1. The van der Waals surface area contributed by atoms with Crippen molar-refractivity contribution >= 4 is 17.1 Å². The van der Waals surface area contributed by atoms with Crippen LogP contribution >= 0.6 is 11.3 Å². The topological polar surface area (TPSA) is 29.5 Å². The number of phenols is 1.